The molecule has 1 aromatic rings. The fourth-order valence-electron chi connectivity index (χ4n) is 1.48. The molecule has 0 heterocycles. The van der Waals surface area contributed by atoms with Gasteiger partial charge in [-0.05, 0) is 24.5 Å². The first-order valence-corrected chi connectivity index (χ1v) is 7.20. The lowest BCUT2D eigenvalue weighted by Crippen LogP contribution is -2.44. The molecule has 0 fully saturated rings. The molecule has 0 aromatic heterocycles. The molecule has 0 unspecified atom stereocenters. The molecule has 0 bridgehead atoms. The smallest absolute Gasteiger partial charge is 0.326 e. The Balaban J connectivity index is 2.65. The third-order valence-electron chi connectivity index (χ3n) is 2.53. The minimum absolute atomic E-state index is 0.440. The molecule has 0 aliphatic rings. The number of aliphatic carboxylic acids is 1. The van der Waals surface area contributed by atoms with Gasteiger partial charge in [-0.15, -0.1) is 11.8 Å². The van der Waals surface area contributed by atoms with Crippen LogP contribution in [-0.2, 0) is 14.3 Å². The van der Waals surface area contributed by atoms with Gasteiger partial charge in [-0.1, -0.05) is 6.07 Å². The molecule has 3 N–H and O–H groups in total. The molecular formula is C13H16N2O5S. The van der Waals surface area contributed by atoms with Gasteiger partial charge in [0.15, 0.2) is 0 Å². The highest BCUT2D eigenvalue weighted by Gasteiger charge is 2.23. The quantitative estimate of drug-likeness (QED) is 0.544. The fourth-order valence-corrected chi connectivity index (χ4v) is 1.94. The molecule has 0 aliphatic heterocycles. The molecule has 8 heteroatoms. The molecule has 1 atom stereocenters. The monoisotopic (exact) mass is 312 g/mol. The van der Waals surface area contributed by atoms with E-state index in [2.05, 4.69) is 15.4 Å². The van der Waals surface area contributed by atoms with Crippen molar-refractivity contribution in [3.63, 3.8) is 0 Å². The van der Waals surface area contributed by atoms with Crippen LogP contribution in [0.25, 0.3) is 0 Å². The Hall–Kier alpha value is -2.22. The summed E-state index contributed by atoms with van der Waals surface area (Å²) >= 11 is 1.51. The summed E-state index contributed by atoms with van der Waals surface area (Å²) in [5, 5.41) is 13.7. The number of benzene rings is 1. The van der Waals surface area contributed by atoms with Crippen LogP contribution in [0.5, 0.6) is 0 Å². The molecule has 1 aromatic carbocycles. The summed E-state index contributed by atoms with van der Waals surface area (Å²) in [6.45, 7) is 0. The van der Waals surface area contributed by atoms with E-state index in [0.29, 0.717) is 5.69 Å². The lowest BCUT2D eigenvalue weighted by molar-refractivity contribution is -0.147. The van der Waals surface area contributed by atoms with Crippen LogP contribution in [0.2, 0.25) is 0 Å². The third kappa shape index (κ3) is 5.74. The predicted octanol–water partition coefficient (Wildman–Crippen LogP) is 1.55. The summed E-state index contributed by atoms with van der Waals surface area (Å²) in [7, 11) is 1.15. The number of amides is 2. The first-order chi connectivity index (χ1) is 9.96. The number of hydrogen-bond donors (Lipinski definition) is 3. The second-order valence-corrected chi connectivity index (χ2v) is 4.88. The van der Waals surface area contributed by atoms with E-state index >= 15 is 0 Å². The molecule has 0 radical (unpaired) electrons. The largest absolute Gasteiger partial charge is 0.480 e. The van der Waals surface area contributed by atoms with Crippen molar-refractivity contribution < 1.29 is 24.2 Å². The van der Waals surface area contributed by atoms with E-state index in [1.165, 1.54) is 11.8 Å². The van der Waals surface area contributed by atoms with Crippen molar-refractivity contribution in [3.8, 4) is 0 Å². The Morgan fingerprint density at radius 2 is 2.10 bits per heavy atom. The van der Waals surface area contributed by atoms with E-state index in [1.807, 2.05) is 12.3 Å². The number of anilines is 1. The third-order valence-corrected chi connectivity index (χ3v) is 3.25. The number of carbonyl (C=O) groups is 3. The number of rotatable bonds is 6. The molecule has 0 saturated heterocycles. The van der Waals surface area contributed by atoms with E-state index in [0.717, 1.165) is 12.0 Å². The van der Waals surface area contributed by atoms with Crippen molar-refractivity contribution in [2.45, 2.75) is 17.4 Å². The normalized spacial score (nSPS) is 11.3. The number of carboxylic acid groups (broad SMARTS) is 1. The van der Waals surface area contributed by atoms with Crippen LogP contribution >= 0.6 is 11.8 Å². The van der Waals surface area contributed by atoms with Gasteiger partial charge in [0.1, 0.15) is 6.04 Å². The Bertz CT molecular complexity index is 535. The minimum Gasteiger partial charge on any atom is -0.480 e. The van der Waals surface area contributed by atoms with Gasteiger partial charge in [0.25, 0.3) is 0 Å². The van der Waals surface area contributed by atoms with Gasteiger partial charge in [-0.25, -0.2) is 9.59 Å². The zero-order chi connectivity index (χ0) is 15.8. The average Bonchev–Trinajstić information content (AvgIpc) is 2.46. The van der Waals surface area contributed by atoms with Crippen LogP contribution in [0.4, 0.5) is 10.5 Å². The van der Waals surface area contributed by atoms with E-state index in [4.69, 9.17) is 5.11 Å². The molecule has 0 aliphatic carbocycles. The van der Waals surface area contributed by atoms with Gasteiger partial charge in [0.05, 0.1) is 13.5 Å². The molecule has 1 rings (SSSR count). The number of hydrogen-bond acceptors (Lipinski definition) is 5. The first-order valence-electron chi connectivity index (χ1n) is 5.97. The van der Waals surface area contributed by atoms with E-state index in [9.17, 15) is 14.4 Å². The van der Waals surface area contributed by atoms with Crippen LogP contribution < -0.4 is 10.6 Å². The van der Waals surface area contributed by atoms with Crippen LogP contribution in [0, 0.1) is 0 Å². The molecule has 2 amide bonds. The highest BCUT2D eigenvalue weighted by atomic mass is 32.2. The van der Waals surface area contributed by atoms with E-state index in [1.54, 1.807) is 18.2 Å². The van der Waals surface area contributed by atoms with Gasteiger partial charge in [0.2, 0.25) is 0 Å². The first kappa shape index (κ1) is 16.8. The Kier molecular flexibility index (Phi) is 6.54. The zero-order valence-corrected chi connectivity index (χ0v) is 12.4. The molecule has 0 spiro atoms. The fraction of sp³-hybridized carbons (Fsp3) is 0.308. The Morgan fingerprint density at radius 1 is 1.38 bits per heavy atom. The van der Waals surface area contributed by atoms with E-state index < -0.39 is 30.4 Å². The second kappa shape index (κ2) is 8.15. The highest BCUT2D eigenvalue weighted by molar-refractivity contribution is 7.98. The number of esters is 1. The number of ether oxygens (including phenoxy) is 1. The minimum atomic E-state index is -1.35. The van der Waals surface area contributed by atoms with Crippen molar-refractivity contribution in [3.05, 3.63) is 24.3 Å². The van der Waals surface area contributed by atoms with Crippen molar-refractivity contribution in [2.24, 2.45) is 0 Å². The standard InChI is InChI=1S/C13H16N2O5S/c1-20-11(16)7-10(12(17)18)15-13(19)14-8-4-3-5-9(6-8)21-2/h3-6,10H,7H2,1-2H3,(H,17,18)(H2,14,15,19)/t10-/m0/s1. The number of thioether (sulfide) groups is 1. The van der Waals surface area contributed by atoms with Gasteiger partial charge < -0.3 is 20.5 Å². The topological polar surface area (TPSA) is 105 Å². The summed E-state index contributed by atoms with van der Waals surface area (Å²) in [4.78, 5) is 34.8. The predicted molar refractivity (Wildman–Crippen MR) is 78.4 cm³/mol. The maximum atomic E-state index is 11.8. The maximum absolute atomic E-state index is 11.8. The molecule has 114 valence electrons. The second-order valence-electron chi connectivity index (χ2n) is 4.00. The van der Waals surface area contributed by atoms with Crippen LogP contribution in [0.1, 0.15) is 6.42 Å². The summed E-state index contributed by atoms with van der Waals surface area (Å²) in [6.07, 6.45) is 1.46. The maximum Gasteiger partial charge on any atom is 0.326 e. The van der Waals surface area contributed by atoms with Crippen molar-refractivity contribution in [1.82, 2.24) is 5.32 Å². The zero-order valence-electron chi connectivity index (χ0n) is 11.6. The molecule has 7 nitrogen and oxygen atoms in total. The number of carboxylic acids is 1. The number of urea groups is 1. The lowest BCUT2D eigenvalue weighted by atomic mass is 10.2. The van der Waals surface area contributed by atoms with Gasteiger partial charge in [-0.3, -0.25) is 4.79 Å². The van der Waals surface area contributed by atoms with Crippen molar-refractivity contribution >= 4 is 35.4 Å². The van der Waals surface area contributed by atoms with Gasteiger partial charge >= 0.3 is 18.0 Å². The highest BCUT2D eigenvalue weighted by Crippen LogP contribution is 2.18. The Morgan fingerprint density at radius 3 is 2.67 bits per heavy atom. The summed E-state index contributed by atoms with van der Waals surface area (Å²) in [5.41, 5.74) is 0.529. The lowest BCUT2D eigenvalue weighted by Gasteiger charge is -2.14. The number of carbonyl (C=O) groups excluding carboxylic acids is 2. The van der Waals surface area contributed by atoms with Crippen molar-refractivity contribution in [1.29, 1.82) is 0 Å². The van der Waals surface area contributed by atoms with E-state index in [-0.39, 0.29) is 0 Å². The molecule has 21 heavy (non-hydrogen) atoms. The molecular weight excluding hydrogens is 296 g/mol. The molecule has 0 saturated carbocycles. The average molecular weight is 312 g/mol. The number of methoxy groups -OCH3 is 1. The van der Waals surface area contributed by atoms with Crippen molar-refractivity contribution in [2.75, 3.05) is 18.7 Å². The summed E-state index contributed by atoms with van der Waals surface area (Å²) in [5.74, 6) is -2.03. The van der Waals surface area contributed by atoms with Crippen LogP contribution in [0.15, 0.2) is 29.2 Å². The van der Waals surface area contributed by atoms with Crippen LogP contribution in [-0.4, -0.2) is 42.5 Å². The summed E-state index contributed by atoms with van der Waals surface area (Å²) < 4.78 is 4.38. The van der Waals surface area contributed by atoms with Gasteiger partial charge in [-0.2, -0.15) is 0 Å². The number of nitrogens with one attached hydrogen (secondary N) is 2. The Labute approximate surface area is 126 Å². The SMILES string of the molecule is COC(=O)C[C@H](NC(=O)Nc1cccc(SC)c1)C(=O)O. The van der Waals surface area contributed by atoms with Crippen LogP contribution in [0.3, 0.4) is 0 Å². The van der Waals surface area contributed by atoms with Gasteiger partial charge in [0, 0.05) is 10.6 Å². The summed E-state index contributed by atoms with van der Waals surface area (Å²) in [6, 6.07) is 5.02.